The summed E-state index contributed by atoms with van der Waals surface area (Å²) in [5.74, 6) is 0.762. The standard InChI is InChI=1S/C37H45N7O2/c1-5-33(45)44-20-19-43(24-28(44)23-38-3)35-29-14-18-42(31-12-7-11-27-10-6-9-26(2)34(27)31)25-30(29)39-36(40-35)46-22-21-41(4)32-13-8-15-37(32)16-17-37/h5-7,9-12,28,32H,1,8,13-25H2,2,4H3/t28-,32?/m0/s1. The van der Waals surface area contributed by atoms with Crippen LogP contribution in [-0.4, -0.2) is 90.7 Å². The largest absolute Gasteiger partial charge is 0.462 e. The molecule has 46 heavy (non-hydrogen) atoms. The normalized spacial score (nSPS) is 21.8. The van der Waals surface area contributed by atoms with Gasteiger partial charge in [0.1, 0.15) is 18.5 Å². The molecule has 3 heterocycles. The van der Waals surface area contributed by atoms with Gasteiger partial charge >= 0.3 is 6.01 Å². The second-order valence-corrected chi connectivity index (χ2v) is 13.7. The Morgan fingerprint density at radius 3 is 2.76 bits per heavy atom. The molecule has 3 fully saturated rings. The summed E-state index contributed by atoms with van der Waals surface area (Å²) in [6.45, 7) is 18.3. The number of piperazine rings is 1. The topological polar surface area (TPSA) is 69.4 Å². The predicted octanol–water partition coefficient (Wildman–Crippen LogP) is 5.27. The molecule has 0 bridgehead atoms. The van der Waals surface area contributed by atoms with Crippen molar-refractivity contribution in [2.75, 3.05) is 62.7 Å². The fourth-order valence-corrected chi connectivity index (χ4v) is 8.39. The maximum Gasteiger partial charge on any atom is 0.318 e. The minimum absolute atomic E-state index is 0.123. The molecular weight excluding hydrogens is 574 g/mol. The summed E-state index contributed by atoms with van der Waals surface area (Å²) in [4.78, 5) is 35.3. The molecule has 1 saturated heterocycles. The summed E-state index contributed by atoms with van der Waals surface area (Å²) < 4.78 is 6.37. The number of amides is 1. The van der Waals surface area contributed by atoms with E-state index in [-0.39, 0.29) is 18.5 Å². The van der Waals surface area contributed by atoms with Crippen LogP contribution in [0.1, 0.15) is 48.9 Å². The molecule has 0 N–H and O–H groups in total. The van der Waals surface area contributed by atoms with E-state index in [1.165, 1.54) is 60.2 Å². The molecule has 7 rings (SSSR count). The number of hydrogen-bond donors (Lipinski definition) is 0. The molecule has 1 amide bonds. The number of fused-ring (bicyclic) bond motifs is 2. The highest BCUT2D eigenvalue weighted by atomic mass is 16.5. The third-order valence-electron chi connectivity index (χ3n) is 11.0. The Balaban J connectivity index is 1.17. The molecule has 4 aliphatic rings. The maximum atomic E-state index is 12.6. The first-order valence-corrected chi connectivity index (χ1v) is 16.9. The van der Waals surface area contributed by atoms with Crippen LogP contribution in [0.3, 0.4) is 0 Å². The molecule has 3 aromatic rings. The number of nitrogens with zero attached hydrogens (tertiary/aromatic N) is 7. The van der Waals surface area contributed by atoms with E-state index in [4.69, 9.17) is 21.3 Å². The van der Waals surface area contributed by atoms with E-state index in [1.807, 2.05) is 0 Å². The highest BCUT2D eigenvalue weighted by molar-refractivity contribution is 5.97. The van der Waals surface area contributed by atoms with Crippen molar-refractivity contribution in [2.24, 2.45) is 5.41 Å². The second kappa shape index (κ2) is 12.6. The van der Waals surface area contributed by atoms with E-state index in [0.29, 0.717) is 50.3 Å². The molecule has 2 aromatic carbocycles. The lowest BCUT2D eigenvalue weighted by Crippen LogP contribution is -2.56. The van der Waals surface area contributed by atoms with Crippen molar-refractivity contribution in [3.63, 3.8) is 0 Å². The highest BCUT2D eigenvalue weighted by Gasteiger charge is 2.53. The van der Waals surface area contributed by atoms with Crippen molar-refractivity contribution in [1.82, 2.24) is 19.8 Å². The van der Waals surface area contributed by atoms with Crippen molar-refractivity contribution in [1.29, 1.82) is 0 Å². The zero-order valence-electron chi connectivity index (χ0n) is 27.2. The van der Waals surface area contributed by atoms with Crippen molar-refractivity contribution < 1.29 is 9.53 Å². The van der Waals surface area contributed by atoms with Gasteiger partial charge in [-0.3, -0.25) is 9.69 Å². The smallest absolute Gasteiger partial charge is 0.318 e. The van der Waals surface area contributed by atoms with Crippen LogP contribution in [0.15, 0.2) is 49.1 Å². The molecule has 9 heteroatoms. The first kappa shape index (κ1) is 30.5. The number of rotatable bonds is 9. The van der Waals surface area contributed by atoms with E-state index in [2.05, 4.69) is 76.5 Å². The number of likely N-dealkylation sites (N-methyl/N-ethyl adjacent to an activating group) is 1. The van der Waals surface area contributed by atoms with Crippen LogP contribution >= 0.6 is 0 Å². The molecule has 1 spiro atoms. The number of aromatic nitrogens is 2. The summed E-state index contributed by atoms with van der Waals surface area (Å²) in [5, 5.41) is 2.53. The summed E-state index contributed by atoms with van der Waals surface area (Å²) in [7, 11) is 2.24. The van der Waals surface area contributed by atoms with Crippen LogP contribution in [0, 0.1) is 18.9 Å². The van der Waals surface area contributed by atoms with Crippen molar-refractivity contribution in [3.05, 3.63) is 77.3 Å². The zero-order chi connectivity index (χ0) is 31.8. The lowest BCUT2D eigenvalue weighted by atomic mass is 9.99. The molecule has 2 atom stereocenters. The first-order chi connectivity index (χ1) is 22.4. The molecule has 2 saturated carbocycles. The molecular formula is C37H45N7O2. The summed E-state index contributed by atoms with van der Waals surface area (Å²) >= 11 is 0. The lowest BCUT2D eigenvalue weighted by molar-refractivity contribution is -0.128. The second-order valence-electron chi connectivity index (χ2n) is 13.7. The van der Waals surface area contributed by atoms with Gasteiger partial charge < -0.3 is 24.3 Å². The molecule has 0 radical (unpaired) electrons. The molecule has 240 valence electrons. The molecule has 9 nitrogen and oxygen atoms in total. The fraction of sp³-hybridized carbons (Fsp3) is 0.514. The SMILES string of the molecule is [C-]#[N+]C[C@H]1CN(c2nc(OCCN(C)C3CCCC34CC4)nc3c2CCN(c2cccc4cccc(C)c24)C3)CCN1C(=O)C=C. The van der Waals surface area contributed by atoms with Gasteiger partial charge in [0.2, 0.25) is 12.5 Å². The number of hydrogen-bond acceptors (Lipinski definition) is 7. The molecule has 2 aliphatic heterocycles. The van der Waals surface area contributed by atoms with Gasteiger partial charge in [0, 0.05) is 55.4 Å². The molecule has 1 unspecified atom stereocenters. The minimum Gasteiger partial charge on any atom is -0.462 e. The van der Waals surface area contributed by atoms with Gasteiger partial charge in [-0.15, -0.1) is 0 Å². The number of carbonyl (C=O) groups is 1. The number of ether oxygens (including phenoxy) is 1. The summed E-state index contributed by atoms with van der Waals surface area (Å²) in [5.41, 5.74) is 5.19. The molecule has 1 aromatic heterocycles. The van der Waals surface area contributed by atoms with E-state index in [9.17, 15) is 4.79 Å². The van der Waals surface area contributed by atoms with E-state index in [1.54, 1.807) is 4.90 Å². The number of anilines is 2. The highest BCUT2D eigenvalue weighted by Crippen LogP contribution is 2.59. The maximum absolute atomic E-state index is 12.6. The number of benzene rings is 2. The Bertz CT molecular complexity index is 1670. The first-order valence-electron chi connectivity index (χ1n) is 16.9. The van der Waals surface area contributed by atoms with Crippen LogP contribution in [0.5, 0.6) is 6.01 Å². The van der Waals surface area contributed by atoms with Gasteiger partial charge in [-0.05, 0) is 74.6 Å². The van der Waals surface area contributed by atoms with Gasteiger partial charge in [-0.25, -0.2) is 6.57 Å². The van der Waals surface area contributed by atoms with Crippen LogP contribution < -0.4 is 14.5 Å². The van der Waals surface area contributed by atoms with Crippen molar-refractivity contribution in [2.45, 2.75) is 64.1 Å². The van der Waals surface area contributed by atoms with Crippen LogP contribution in [0.4, 0.5) is 11.5 Å². The van der Waals surface area contributed by atoms with E-state index >= 15 is 0 Å². The van der Waals surface area contributed by atoms with E-state index < -0.39 is 0 Å². The lowest BCUT2D eigenvalue weighted by Gasteiger charge is -2.41. The van der Waals surface area contributed by atoms with Crippen LogP contribution in [-0.2, 0) is 17.8 Å². The quantitative estimate of drug-likeness (QED) is 0.239. The summed E-state index contributed by atoms with van der Waals surface area (Å²) in [6, 6.07) is 13.9. The van der Waals surface area contributed by atoms with E-state index in [0.717, 1.165) is 36.6 Å². The van der Waals surface area contributed by atoms with Crippen LogP contribution in [0.25, 0.3) is 15.6 Å². The third kappa shape index (κ3) is 5.68. The van der Waals surface area contributed by atoms with Gasteiger partial charge in [0.05, 0.1) is 12.2 Å². The number of carbonyl (C=O) groups excluding carboxylic acids is 1. The predicted molar refractivity (Wildman–Crippen MR) is 182 cm³/mol. The summed E-state index contributed by atoms with van der Waals surface area (Å²) in [6.07, 6.45) is 8.88. The Morgan fingerprint density at radius 1 is 1.15 bits per heavy atom. The third-order valence-corrected chi connectivity index (χ3v) is 11.0. The Kier molecular flexibility index (Phi) is 8.33. The fourth-order valence-electron chi connectivity index (χ4n) is 8.39. The Labute approximate surface area is 272 Å². The Morgan fingerprint density at radius 2 is 1.98 bits per heavy atom. The average molecular weight is 620 g/mol. The minimum atomic E-state index is -0.222. The van der Waals surface area contributed by atoms with Gasteiger partial charge in [0.15, 0.2) is 0 Å². The Hall–Kier alpha value is -4.16. The van der Waals surface area contributed by atoms with Gasteiger partial charge in [-0.1, -0.05) is 43.3 Å². The molecule has 2 aliphatic carbocycles. The van der Waals surface area contributed by atoms with Gasteiger partial charge in [0.25, 0.3) is 0 Å². The zero-order valence-corrected chi connectivity index (χ0v) is 27.2. The monoisotopic (exact) mass is 619 g/mol. The average Bonchev–Trinajstić information content (AvgIpc) is 3.73. The van der Waals surface area contributed by atoms with Crippen molar-refractivity contribution >= 4 is 28.2 Å². The van der Waals surface area contributed by atoms with Crippen molar-refractivity contribution in [3.8, 4) is 6.01 Å². The van der Waals surface area contributed by atoms with Gasteiger partial charge in [-0.2, -0.15) is 9.97 Å². The number of aryl methyl sites for hydroxylation is 1. The van der Waals surface area contributed by atoms with Crippen LogP contribution in [0.2, 0.25) is 0 Å².